The number of hydrogen-bond acceptors (Lipinski definition) is 5. The van der Waals surface area contributed by atoms with Crippen LogP contribution in [-0.2, 0) is 21.2 Å². The standard InChI is InChI=1S/C21H28N2O5S/c1-15-5-10-20(28-4)18(13-15)11-12-22-21(24)17-6-8-19(9-7-17)29(25,26)23-16(2)14-27-3/h5-10,13,16,23H,11-12,14H2,1-4H3,(H,22,24)/t16-/m1/s1. The number of aryl methyl sites for hydroxylation is 1. The summed E-state index contributed by atoms with van der Waals surface area (Å²) in [5, 5.41) is 2.85. The molecule has 0 fully saturated rings. The molecule has 1 atom stereocenters. The van der Waals surface area contributed by atoms with Crippen molar-refractivity contribution in [1.82, 2.24) is 10.0 Å². The third kappa shape index (κ3) is 6.56. The molecule has 0 saturated heterocycles. The van der Waals surface area contributed by atoms with Gasteiger partial charge in [0.1, 0.15) is 5.75 Å². The molecule has 0 unspecified atom stereocenters. The van der Waals surface area contributed by atoms with Gasteiger partial charge in [-0.1, -0.05) is 17.7 Å². The van der Waals surface area contributed by atoms with Gasteiger partial charge in [0.2, 0.25) is 10.0 Å². The maximum atomic E-state index is 12.4. The van der Waals surface area contributed by atoms with E-state index in [4.69, 9.17) is 9.47 Å². The molecule has 7 nitrogen and oxygen atoms in total. The zero-order valence-corrected chi connectivity index (χ0v) is 18.0. The number of sulfonamides is 1. The van der Waals surface area contributed by atoms with Crippen molar-refractivity contribution in [2.24, 2.45) is 0 Å². The molecule has 0 aliphatic carbocycles. The van der Waals surface area contributed by atoms with E-state index < -0.39 is 10.0 Å². The highest BCUT2D eigenvalue weighted by molar-refractivity contribution is 7.89. The van der Waals surface area contributed by atoms with Crippen LogP contribution in [0.3, 0.4) is 0 Å². The lowest BCUT2D eigenvalue weighted by molar-refractivity contribution is 0.0954. The fourth-order valence-corrected chi connectivity index (χ4v) is 4.15. The molecule has 2 aromatic rings. The highest BCUT2D eigenvalue weighted by Crippen LogP contribution is 2.20. The maximum Gasteiger partial charge on any atom is 0.251 e. The third-order valence-electron chi connectivity index (χ3n) is 4.32. The minimum Gasteiger partial charge on any atom is -0.496 e. The predicted molar refractivity (Wildman–Crippen MR) is 112 cm³/mol. The van der Waals surface area contributed by atoms with Crippen LogP contribution in [0.1, 0.15) is 28.4 Å². The molecule has 0 radical (unpaired) electrons. The van der Waals surface area contributed by atoms with Gasteiger partial charge in [-0.2, -0.15) is 0 Å². The van der Waals surface area contributed by atoms with E-state index in [-0.39, 0.29) is 23.5 Å². The van der Waals surface area contributed by atoms with Crippen molar-refractivity contribution in [3.8, 4) is 5.75 Å². The van der Waals surface area contributed by atoms with Gasteiger partial charge in [-0.05, 0) is 56.2 Å². The summed E-state index contributed by atoms with van der Waals surface area (Å²) >= 11 is 0. The molecular formula is C21H28N2O5S. The summed E-state index contributed by atoms with van der Waals surface area (Å²) in [5.74, 6) is 0.524. The van der Waals surface area contributed by atoms with E-state index in [1.807, 2.05) is 25.1 Å². The Morgan fingerprint density at radius 1 is 1.10 bits per heavy atom. The molecule has 29 heavy (non-hydrogen) atoms. The monoisotopic (exact) mass is 420 g/mol. The first-order chi connectivity index (χ1) is 13.8. The van der Waals surface area contributed by atoms with Crippen molar-refractivity contribution < 1.29 is 22.7 Å². The third-order valence-corrected chi connectivity index (χ3v) is 5.92. The number of methoxy groups -OCH3 is 2. The van der Waals surface area contributed by atoms with Crippen LogP contribution in [0.2, 0.25) is 0 Å². The average Bonchev–Trinajstić information content (AvgIpc) is 2.68. The van der Waals surface area contributed by atoms with E-state index in [0.717, 1.165) is 16.9 Å². The van der Waals surface area contributed by atoms with Gasteiger partial charge < -0.3 is 14.8 Å². The van der Waals surface area contributed by atoms with Crippen LogP contribution in [0.4, 0.5) is 0 Å². The summed E-state index contributed by atoms with van der Waals surface area (Å²) in [7, 11) is -0.539. The molecule has 0 aliphatic heterocycles. The molecule has 2 aromatic carbocycles. The van der Waals surface area contributed by atoms with Gasteiger partial charge in [0, 0.05) is 25.3 Å². The Kier molecular flexibility index (Phi) is 8.19. The summed E-state index contributed by atoms with van der Waals surface area (Å²) in [6.45, 7) is 4.42. The highest BCUT2D eigenvalue weighted by Gasteiger charge is 2.18. The second kappa shape index (κ2) is 10.4. The minimum atomic E-state index is -3.66. The van der Waals surface area contributed by atoms with Crippen molar-refractivity contribution in [3.63, 3.8) is 0 Å². The van der Waals surface area contributed by atoms with Crippen molar-refractivity contribution in [2.75, 3.05) is 27.4 Å². The number of hydrogen-bond donors (Lipinski definition) is 2. The van der Waals surface area contributed by atoms with Crippen LogP contribution in [0.5, 0.6) is 5.75 Å². The molecule has 2 rings (SSSR count). The largest absolute Gasteiger partial charge is 0.496 e. The molecule has 0 aliphatic rings. The normalized spacial score (nSPS) is 12.4. The first-order valence-electron chi connectivity index (χ1n) is 9.30. The summed E-state index contributed by atoms with van der Waals surface area (Å²) in [6.07, 6.45) is 0.629. The van der Waals surface area contributed by atoms with Gasteiger partial charge in [0.15, 0.2) is 0 Å². The zero-order valence-electron chi connectivity index (χ0n) is 17.2. The molecule has 0 spiro atoms. The number of amides is 1. The van der Waals surface area contributed by atoms with E-state index in [9.17, 15) is 13.2 Å². The lowest BCUT2D eigenvalue weighted by Crippen LogP contribution is -2.35. The molecule has 1 amide bonds. The maximum absolute atomic E-state index is 12.4. The molecule has 8 heteroatoms. The molecule has 0 bridgehead atoms. The van der Waals surface area contributed by atoms with E-state index in [0.29, 0.717) is 18.5 Å². The zero-order chi connectivity index (χ0) is 21.4. The van der Waals surface area contributed by atoms with Crippen LogP contribution in [0.15, 0.2) is 47.4 Å². The van der Waals surface area contributed by atoms with Gasteiger partial charge in [0.05, 0.1) is 18.6 Å². The number of ether oxygens (including phenoxy) is 2. The first kappa shape index (κ1) is 22.9. The van der Waals surface area contributed by atoms with Gasteiger partial charge >= 0.3 is 0 Å². The second-order valence-corrected chi connectivity index (χ2v) is 8.54. The lowest BCUT2D eigenvalue weighted by atomic mass is 10.1. The van der Waals surface area contributed by atoms with Gasteiger partial charge in [0.25, 0.3) is 5.91 Å². The molecule has 158 valence electrons. The molecular weight excluding hydrogens is 392 g/mol. The van der Waals surface area contributed by atoms with Gasteiger partial charge in [-0.15, -0.1) is 0 Å². The Balaban J connectivity index is 1.96. The van der Waals surface area contributed by atoms with Gasteiger partial charge in [-0.25, -0.2) is 13.1 Å². The topological polar surface area (TPSA) is 93.7 Å². The van der Waals surface area contributed by atoms with Crippen LogP contribution in [-0.4, -0.2) is 47.7 Å². The van der Waals surface area contributed by atoms with Crippen molar-refractivity contribution in [1.29, 1.82) is 0 Å². The summed E-state index contributed by atoms with van der Waals surface area (Å²) in [4.78, 5) is 12.5. The Bertz CT molecular complexity index is 927. The summed E-state index contributed by atoms with van der Waals surface area (Å²) < 4.78 is 37.5. The quantitative estimate of drug-likeness (QED) is 0.615. The van der Waals surface area contributed by atoms with Crippen LogP contribution in [0.25, 0.3) is 0 Å². The van der Waals surface area contributed by atoms with Crippen LogP contribution >= 0.6 is 0 Å². The number of nitrogens with one attached hydrogen (secondary N) is 2. The Hall–Kier alpha value is -2.42. The molecule has 0 saturated carbocycles. The lowest BCUT2D eigenvalue weighted by Gasteiger charge is -2.13. The van der Waals surface area contributed by atoms with Crippen molar-refractivity contribution >= 4 is 15.9 Å². The Morgan fingerprint density at radius 2 is 1.79 bits per heavy atom. The number of benzene rings is 2. The summed E-state index contributed by atoms with van der Waals surface area (Å²) in [6, 6.07) is 11.4. The number of rotatable bonds is 10. The Morgan fingerprint density at radius 3 is 2.41 bits per heavy atom. The van der Waals surface area contributed by atoms with E-state index in [1.54, 1.807) is 14.0 Å². The Labute approximate surface area is 172 Å². The van der Waals surface area contributed by atoms with Gasteiger partial charge in [-0.3, -0.25) is 4.79 Å². The van der Waals surface area contributed by atoms with Crippen LogP contribution in [0, 0.1) is 6.92 Å². The van der Waals surface area contributed by atoms with E-state index in [1.165, 1.54) is 31.4 Å². The predicted octanol–water partition coefficient (Wildman–Crippen LogP) is 2.29. The summed E-state index contributed by atoms with van der Waals surface area (Å²) in [5.41, 5.74) is 2.54. The number of carbonyl (C=O) groups excluding carboxylic acids is 1. The highest BCUT2D eigenvalue weighted by atomic mass is 32.2. The van der Waals surface area contributed by atoms with E-state index >= 15 is 0 Å². The van der Waals surface area contributed by atoms with E-state index in [2.05, 4.69) is 10.0 Å². The molecule has 2 N–H and O–H groups in total. The van der Waals surface area contributed by atoms with Crippen molar-refractivity contribution in [3.05, 3.63) is 59.2 Å². The SMILES string of the molecule is COC[C@@H](C)NS(=O)(=O)c1ccc(C(=O)NCCc2cc(C)ccc2OC)cc1. The molecule has 0 heterocycles. The molecule has 0 aromatic heterocycles. The fourth-order valence-electron chi connectivity index (χ4n) is 2.92. The van der Waals surface area contributed by atoms with Crippen LogP contribution < -0.4 is 14.8 Å². The smallest absolute Gasteiger partial charge is 0.251 e. The fraction of sp³-hybridized carbons (Fsp3) is 0.381. The first-order valence-corrected chi connectivity index (χ1v) is 10.8. The minimum absolute atomic E-state index is 0.0986. The second-order valence-electron chi connectivity index (χ2n) is 6.82. The average molecular weight is 421 g/mol. The number of carbonyl (C=O) groups is 1. The van der Waals surface area contributed by atoms with Crippen molar-refractivity contribution in [2.45, 2.75) is 31.2 Å².